The summed E-state index contributed by atoms with van der Waals surface area (Å²) in [5.41, 5.74) is 14.7. The summed E-state index contributed by atoms with van der Waals surface area (Å²) in [7, 11) is 0. The van der Waals surface area contributed by atoms with Crippen LogP contribution in [-0.4, -0.2) is 4.90 Å². The summed E-state index contributed by atoms with van der Waals surface area (Å²) >= 11 is 0. The molecule has 0 saturated carbocycles. The Morgan fingerprint density at radius 2 is 0.652 bits per heavy atom. The van der Waals surface area contributed by atoms with Crippen LogP contribution in [0.5, 0.6) is 0 Å². The fourth-order valence-corrected chi connectivity index (χ4v) is 7.12. The van der Waals surface area contributed by atoms with Crippen LogP contribution < -0.4 is 30.7 Å². The lowest BCUT2D eigenvalue weighted by atomic mass is 10.0. The van der Waals surface area contributed by atoms with Crippen LogP contribution in [0.4, 0.5) is 17.1 Å². The van der Waals surface area contributed by atoms with Gasteiger partial charge in [-0.1, -0.05) is 53.1 Å². The van der Waals surface area contributed by atoms with Gasteiger partial charge in [-0.15, -0.1) is 0 Å². The molecule has 3 N–H and O–H groups in total. The number of nitrogens with one attached hydrogen (secondary N) is 3. The highest BCUT2D eigenvalue weighted by molar-refractivity contribution is 5.69. The lowest BCUT2D eigenvalue weighted by Gasteiger charge is -2.28. The number of rotatable bonds is 6. The quantitative estimate of drug-likeness (QED) is 0.260. The molecule has 3 aromatic carbocycles. The molecular formula is C39H45N7. The highest BCUT2D eigenvalue weighted by Crippen LogP contribution is 2.34. The Labute approximate surface area is 274 Å². The van der Waals surface area contributed by atoms with E-state index in [1.807, 2.05) is 18.6 Å². The van der Waals surface area contributed by atoms with Gasteiger partial charge in [0.05, 0.1) is 17.1 Å². The van der Waals surface area contributed by atoms with Crippen molar-refractivity contribution in [1.82, 2.24) is 20.9 Å². The molecule has 0 fully saturated rings. The maximum atomic E-state index is 3.50. The van der Waals surface area contributed by atoms with Crippen molar-refractivity contribution in [3.05, 3.63) is 160 Å². The minimum atomic E-state index is 0.948. The smallest absolute Gasteiger partial charge is 0.131 e. The minimum Gasteiger partial charge on any atom is -0.345 e. The molecule has 3 aromatic rings. The number of aryl methyl sites for hydroxylation is 9. The van der Waals surface area contributed by atoms with Crippen LogP contribution in [0.3, 0.4) is 0 Å². The van der Waals surface area contributed by atoms with Gasteiger partial charge < -0.3 is 35.6 Å². The third-order valence-corrected chi connectivity index (χ3v) is 8.59. The summed E-state index contributed by atoms with van der Waals surface area (Å²) in [4.78, 5) is 8.82. The van der Waals surface area contributed by atoms with E-state index in [-0.39, 0.29) is 0 Å². The monoisotopic (exact) mass is 611 g/mol. The Hall–Kier alpha value is -5.30. The molecule has 3 aliphatic heterocycles. The third-order valence-electron chi connectivity index (χ3n) is 8.59. The molecule has 0 saturated heterocycles. The average Bonchev–Trinajstić information content (AvgIpc) is 3.70. The highest BCUT2D eigenvalue weighted by atomic mass is 15.3. The van der Waals surface area contributed by atoms with Gasteiger partial charge in [0.15, 0.2) is 0 Å². The van der Waals surface area contributed by atoms with Gasteiger partial charge in [0.25, 0.3) is 0 Å². The van der Waals surface area contributed by atoms with E-state index in [9.17, 15) is 0 Å². The van der Waals surface area contributed by atoms with Gasteiger partial charge in [0.1, 0.15) is 17.5 Å². The van der Waals surface area contributed by atoms with Crippen LogP contribution in [0, 0.1) is 62.3 Å². The van der Waals surface area contributed by atoms with Crippen LogP contribution in [0.2, 0.25) is 0 Å². The number of benzene rings is 3. The molecular weight excluding hydrogens is 566 g/mol. The lowest BCUT2D eigenvalue weighted by molar-refractivity contribution is 0.646. The summed E-state index contributed by atoms with van der Waals surface area (Å²) in [6.45, 7) is 19.5. The zero-order chi connectivity index (χ0) is 32.7. The van der Waals surface area contributed by atoms with Crippen molar-refractivity contribution in [2.24, 2.45) is 0 Å². The Morgan fingerprint density at radius 3 is 0.891 bits per heavy atom. The molecule has 7 nitrogen and oxygen atoms in total. The predicted octanol–water partition coefficient (Wildman–Crippen LogP) is 8.20. The second kappa shape index (κ2) is 12.2. The lowest BCUT2D eigenvalue weighted by Crippen LogP contribution is -2.26. The number of nitrogens with zero attached hydrogens (tertiary/aromatic N) is 4. The molecule has 3 heterocycles. The summed E-state index contributed by atoms with van der Waals surface area (Å²) in [5.74, 6) is 2.84. The van der Waals surface area contributed by atoms with Crippen LogP contribution in [-0.2, 0) is 0 Å². The van der Waals surface area contributed by atoms with E-state index in [1.54, 1.807) is 0 Å². The molecule has 0 atom stereocenters. The first-order valence-electron chi connectivity index (χ1n) is 15.8. The van der Waals surface area contributed by atoms with E-state index in [0.717, 1.165) is 17.5 Å². The molecule has 46 heavy (non-hydrogen) atoms. The molecule has 0 aromatic heterocycles. The summed E-state index contributed by atoms with van der Waals surface area (Å²) < 4.78 is 0. The SMILES string of the molecule is Cc1cc(C)c(N2C=CNC2=CN(C=C2NC=CN2c2c(C)cc(C)cc2C)C=C2NC=CN2c2c(C)cc(C)cc2C)c(C)c1. The van der Waals surface area contributed by atoms with E-state index in [1.165, 1.54) is 67.1 Å². The molecule has 0 amide bonds. The van der Waals surface area contributed by atoms with Gasteiger partial charge in [-0.25, -0.2) is 0 Å². The Balaban J connectivity index is 1.46. The van der Waals surface area contributed by atoms with Crippen LogP contribution >= 0.6 is 0 Å². The first-order chi connectivity index (χ1) is 22.0. The van der Waals surface area contributed by atoms with Crippen molar-refractivity contribution in [2.75, 3.05) is 14.7 Å². The van der Waals surface area contributed by atoms with Gasteiger partial charge >= 0.3 is 0 Å². The van der Waals surface area contributed by atoms with Crippen LogP contribution in [0.25, 0.3) is 0 Å². The molecule has 3 aliphatic rings. The standard InChI is InChI=1S/C39H45N7/c1-25-16-28(4)37(29(5)17-25)44-13-10-40-34(44)22-43(23-35-41-11-14-45(35)38-30(6)18-26(2)19-31(38)7)24-36-42-12-15-46(36)39-32(8)20-27(3)21-33(39)9/h10-24,40-42H,1-9H3. The number of hydrogen-bond donors (Lipinski definition) is 3. The zero-order valence-electron chi connectivity index (χ0n) is 28.4. The molecule has 6 rings (SSSR count). The van der Waals surface area contributed by atoms with E-state index < -0.39 is 0 Å². The summed E-state index contributed by atoms with van der Waals surface area (Å²) in [6, 6.07) is 13.4. The molecule has 0 unspecified atom stereocenters. The van der Waals surface area contributed by atoms with Gasteiger partial charge in [0, 0.05) is 55.8 Å². The molecule has 0 spiro atoms. The largest absolute Gasteiger partial charge is 0.345 e. The van der Waals surface area contributed by atoms with Gasteiger partial charge in [-0.2, -0.15) is 0 Å². The molecule has 0 aliphatic carbocycles. The fourth-order valence-electron chi connectivity index (χ4n) is 7.12. The van der Waals surface area contributed by atoms with Crippen molar-refractivity contribution in [1.29, 1.82) is 0 Å². The molecule has 7 heteroatoms. The van der Waals surface area contributed by atoms with Crippen molar-refractivity contribution in [3.63, 3.8) is 0 Å². The average molecular weight is 612 g/mol. The number of anilines is 3. The first kappa shape index (κ1) is 30.7. The van der Waals surface area contributed by atoms with Crippen molar-refractivity contribution in [3.8, 4) is 0 Å². The van der Waals surface area contributed by atoms with Crippen LogP contribution in [0.1, 0.15) is 50.1 Å². The van der Waals surface area contributed by atoms with Gasteiger partial charge in [0.2, 0.25) is 0 Å². The van der Waals surface area contributed by atoms with E-state index >= 15 is 0 Å². The maximum absolute atomic E-state index is 3.50. The number of hydrogen-bond acceptors (Lipinski definition) is 7. The second-order valence-electron chi connectivity index (χ2n) is 12.7. The Kier molecular flexibility index (Phi) is 8.17. The normalized spacial score (nSPS) is 17.9. The van der Waals surface area contributed by atoms with Gasteiger partial charge in [-0.3, -0.25) is 0 Å². The van der Waals surface area contributed by atoms with E-state index in [0.29, 0.717) is 0 Å². The van der Waals surface area contributed by atoms with Crippen molar-refractivity contribution in [2.45, 2.75) is 62.3 Å². The van der Waals surface area contributed by atoms with Crippen LogP contribution in [0.15, 0.2) is 110 Å². The molecule has 0 bridgehead atoms. The topological polar surface area (TPSA) is 49.1 Å². The maximum Gasteiger partial charge on any atom is 0.131 e. The second-order valence-corrected chi connectivity index (χ2v) is 12.7. The highest BCUT2D eigenvalue weighted by Gasteiger charge is 2.23. The van der Waals surface area contributed by atoms with Crippen molar-refractivity contribution >= 4 is 17.1 Å². The minimum absolute atomic E-state index is 0.948. The zero-order valence-corrected chi connectivity index (χ0v) is 28.4. The Morgan fingerprint density at radius 1 is 0.413 bits per heavy atom. The van der Waals surface area contributed by atoms with Crippen molar-refractivity contribution < 1.29 is 0 Å². The van der Waals surface area contributed by atoms with E-state index in [2.05, 4.69) is 171 Å². The molecule has 236 valence electrons. The molecule has 0 radical (unpaired) electrons. The predicted molar refractivity (Wildman–Crippen MR) is 192 cm³/mol. The summed E-state index contributed by atoms with van der Waals surface area (Å²) in [5, 5.41) is 10.5. The Bertz CT molecular complexity index is 1600. The van der Waals surface area contributed by atoms with Gasteiger partial charge in [-0.05, 0) is 95.7 Å². The fraction of sp³-hybridized carbons (Fsp3) is 0.231. The third kappa shape index (κ3) is 5.88. The van der Waals surface area contributed by atoms with E-state index in [4.69, 9.17) is 0 Å². The first-order valence-corrected chi connectivity index (χ1v) is 15.8. The summed E-state index contributed by atoms with van der Waals surface area (Å²) in [6.07, 6.45) is 18.7.